The van der Waals surface area contributed by atoms with Gasteiger partial charge in [0.15, 0.2) is 0 Å². The number of fused-ring (bicyclic) bond motifs is 1. The monoisotopic (exact) mass is 350 g/mol. The number of nitrogens with zero attached hydrogens (tertiary/aromatic N) is 5. The molecule has 1 aromatic carbocycles. The Morgan fingerprint density at radius 2 is 2.08 bits per heavy atom. The van der Waals surface area contributed by atoms with Crippen molar-refractivity contribution in [2.24, 2.45) is 0 Å². The van der Waals surface area contributed by atoms with Crippen LogP contribution in [-0.4, -0.2) is 25.2 Å². The smallest absolute Gasteiger partial charge is 0.261 e. The summed E-state index contributed by atoms with van der Waals surface area (Å²) in [4.78, 5) is 17.4. The Labute approximate surface area is 152 Å². The summed E-state index contributed by atoms with van der Waals surface area (Å²) in [7, 11) is 0. The van der Waals surface area contributed by atoms with E-state index in [2.05, 4.69) is 28.4 Å². The van der Waals surface area contributed by atoms with Crippen molar-refractivity contribution in [3.05, 3.63) is 40.7 Å². The van der Waals surface area contributed by atoms with E-state index in [1.54, 1.807) is 12.1 Å². The van der Waals surface area contributed by atoms with E-state index in [1.165, 1.54) is 0 Å². The number of carbonyl (C=O) groups is 1. The van der Waals surface area contributed by atoms with Crippen molar-refractivity contribution in [1.29, 1.82) is 5.26 Å². The molecule has 26 heavy (non-hydrogen) atoms. The second-order valence-electron chi connectivity index (χ2n) is 6.22. The minimum atomic E-state index is -0.215. The van der Waals surface area contributed by atoms with Crippen LogP contribution >= 0.6 is 0 Å². The van der Waals surface area contributed by atoms with Gasteiger partial charge in [-0.3, -0.25) is 14.8 Å². The van der Waals surface area contributed by atoms with Gasteiger partial charge >= 0.3 is 0 Å². The zero-order valence-electron chi connectivity index (χ0n) is 15.5. The molecular formula is C19H22N6O. The lowest BCUT2D eigenvalue weighted by Crippen LogP contribution is -2.17. The molecule has 0 aliphatic heterocycles. The molecule has 0 saturated heterocycles. The van der Waals surface area contributed by atoms with E-state index in [9.17, 15) is 4.79 Å². The number of nitrogens with one attached hydrogen (secondary N) is 1. The van der Waals surface area contributed by atoms with Crippen LogP contribution in [0.4, 0.5) is 5.95 Å². The SMILES string of the molecule is CCCn1nc(C)c(C(=O)Nc2nc3cc(C#N)ccc3n2CC)c1C. The molecule has 7 heteroatoms. The number of aromatic nitrogens is 4. The van der Waals surface area contributed by atoms with Crippen LogP contribution in [0.3, 0.4) is 0 Å². The number of hydrogen-bond donors (Lipinski definition) is 1. The fourth-order valence-electron chi connectivity index (χ4n) is 3.23. The van der Waals surface area contributed by atoms with Crippen molar-refractivity contribution < 1.29 is 4.79 Å². The summed E-state index contributed by atoms with van der Waals surface area (Å²) in [5, 5.41) is 16.4. The molecular weight excluding hydrogens is 328 g/mol. The second-order valence-corrected chi connectivity index (χ2v) is 6.22. The molecule has 7 nitrogen and oxygen atoms in total. The van der Waals surface area contributed by atoms with Gasteiger partial charge in [0, 0.05) is 18.8 Å². The summed E-state index contributed by atoms with van der Waals surface area (Å²) in [5.74, 6) is 0.262. The van der Waals surface area contributed by atoms with Gasteiger partial charge in [-0.05, 0) is 45.4 Å². The van der Waals surface area contributed by atoms with Crippen molar-refractivity contribution in [2.75, 3.05) is 5.32 Å². The Hall–Kier alpha value is -3.14. The molecule has 0 spiro atoms. The highest BCUT2D eigenvalue weighted by atomic mass is 16.1. The average Bonchev–Trinajstić information content (AvgIpc) is 3.10. The molecule has 2 heterocycles. The number of anilines is 1. The van der Waals surface area contributed by atoms with Crippen molar-refractivity contribution in [3.8, 4) is 6.07 Å². The molecule has 134 valence electrons. The van der Waals surface area contributed by atoms with Gasteiger partial charge in [-0.2, -0.15) is 10.4 Å². The van der Waals surface area contributed by atoms with E-state index in [0.29, 0.717) is 34.8 Å². The number of carbonyl (C=O) groups excluding carboxylic acids is 1. The summed E-state index contributed by atoms with van der Waals surface area (Å²) in [5.41, 5.74) is 4.27. The lowest BCUT2D eigenvalue weighted by Gasteiger charge is -2.08. The Kier molecular flexibility index (Phi) is 4.76. The van der Waals surface area contributed by atoms with Gasteiger partial charge in [-0.1, -0.05) is 6.92 Å². The number of aryl methyl sites for hydroxylation is 3. The summed E-state index contributed by atoms with van der Waals surface area (Å²) in [6, 6.07) is 7.46. The van der Waals surface area contributed by atoms with Gasteiger partial charge in [-0.15, -0.1) is 0 Å². The molecule has 0 aliphatic carbocycles. The van der Waals surface area contributed by atoms with Gasteiger partial charge < -0.3 is 4.57 Å². The number of nitriles is 1. The zero-order chi connectivity index (χ0) is 18.8. The van der Waals surface area contributed by atoms with E-state index >= 15 is 0 Å². The largest absolute Gasteiger partial charge is 0.310 e. The molecule has 0 saturated carbocycles. The van der Waals surface area contributed by atoms with Crippen LogP contribution in [0, 0.1) is 25.2 Å². The summed E-state index contributed by atoms with van der Waals surface area (Å²) in [6.45, 7) is 9.26. The minimum Gasteiger partial charge on any atom is -0.310 e. The molecule has 0 unspecified atom stereocenters. The standard InChI is InChI=1S/C19H22N6O/c1-5-9-25-13(4)17(12(3)23-25)18(26)22-19-21-15-10-14(11-20)7-8-16(15)24(19)6-2/h7-8,10H,5-6,9H2,1-4H3,(H,21,22,26). The first-order chi connectivity index (χ1) is 12.5. The highest BCUT2D eigenvalue weighted by Gasteiger charge is 2.21. The average molecular weight is 350 g/mol. The molecule has 3 aromatic rings. The van der Waals surface area contributed by atoms with Gasteiger partial charge in [0.2, 0.25) is 5.95 Å². The van der Waals surface area contributed by atoms with Crippen molar-refractivity contribution in [3.63, 3.8) is 0 Å². The maximum atomic E-state index is 12.9. The van der Waals surface area contributed by atoms with Crippen molar-refractivity contribution >= 4 is 22.9 Å². The summed E-state index contributed by atoms with van der Waals surface area (Å²) < 4.78 is 3.79. The molecule has 0 fully saturated rings. The maximum absolute atomic E-state index is 12.9. The summed E-state index contributed by atoms with van der Waals surface area (Å²) >= 11 is 0. The van der Waals surface area contributed by atoms with Crippen LogP contribution in [0.15, 0.2) is 18.2 Å². The number of benzene rings is 1. The quantitative estimate of drug-likeness (QED) is 0.764. The number of imidazole rings is 1. The molecule has 1 N–H and O–H groups in total. The topological polar surface area (TPSA) is 88.5 Å². The van der Waals surface area contributed by atoms with Gasteiger partial charge in [0.05, 0.1) is 33.9 Å². The van der Waals surface area contributed by atoms with E-state index < -0.39 is 0 Å². The number of hydrogen-bond acceptors (Lipinski definition) is 4. The molecule has 0 radical (unpaired) electrons. The molecule has 0 atom stereocenters. The Morgan fingerprint density at radius 1 is 1.31 bits per heavy atom. The Bertz CT molecular complexity index is 1020. The third kappa shape index (κ3) is 2.94. The third-order valence-corrected chi connectivity index (χ3v) is 4.46. The highest BCUT2D eigenvalue weighted by molar-refractivity contribution is 6.05. The third-order valence-electron chi connectivity index (χ3n) is 4.46. The minimum absolute atomic E-state index is 0.215. The number of amides is 1. The maximum Gasteiger partial charge on any atom is 0.261 e. The second kappa shape index (κ2) is 7.00. The van der Waals surface area contributed by atoms with E-state index in [4.69, 9.17) is 5.26 Å². The van der Waals surface area contributed by atoms with E-state index in [0.717, 1.165) is 24.2 Å². The molecule has 3 rings (SSSR count). The first-order valence-electron chi connectivity index (χ1n) is 8.75. The fraction of sp³-hybridized carbons (Fsp3) is 0.368. The Morgan fingerprint density at radius 3 is 2.73 bits per heavy atom. The number of rotatable bonds is 5. The first-order valence-corrected chi connectivity index (χ1v) is 8.75. The van der Waals surface area contributed by atoms with Crippen molar-refractivity contribution in [1.82, 2.24) is 19.3 Å². The van der Waals surface area contributed by atoms with Crippen LogP contribution < -0.4 is 5.32 Å². The molecule has 0 bridgehead atoms. The highest BCUT2D eigenvalue weighted by Crippen LogP contribution is 2.22. The normalized spacial score (nSPS) is 10.9. The molecule has 1 amide bonds. The van der Waals surface area contributed by atoms with Crippen molar-refractivity contribution in [2.45, 2.75) is 47.2 Å². The predicted molar refractivity (Wildman–Crippen MR) is 100 cm³/mol. The molecule has 2 aromatic heterocycles. The van der Waals surface area contributed by atoms with Crippen LogP contribution in [-0.2, 0) is 13.1 Å². The van der Waals surface area contributed by atoms with E-state index in [-0.39, 0.29) is 5.91 Å². The zero-order valence-corrected chi connectivity index (χ0v) is 15.5. The van der Waals surface area contributed by atoms with Gasteiger partial charge in [-0.25, -0.2) is 4.98 Å². The van der Waals surface area contributed by atoms with Crippen LogP contribution in [0.2, 0.25) is 0 Å². The van der Waals surface area contributed by atoms with Crippen LogP contribution in [0.1, 0.15) is 47.6 Å². The van der Waals surface area contributed by atoms with Gasteiger partial charge in [0.25, 0.3) is 5.91 Å². The Balaban J connectivity index is 1.99. The lowest BCUT2D eigenvalue weighted by atomic mass is 10.2. The van der Waals surface area contributed by atoms with Gasteiger partial charge in [0.1, 0.15) is 0 Å². The van der Waals surface area contributed by atoms with E-state index in [1.807, 2.05) is 36.1 Å². The van der Waals surface area contributed by atoms with Crippen LogP contribution in [0.5, 0.6) is 0 Å². The lowest BCUT2D eigenvalue weighted by molar-refractivity contribution is 0.102. The van der Waals surface area contributed by atoms with Crippen LogP contribution in [0.25, 0.3) is 11.0 Å². The predicted octanol–water partition coefficient (Wildman–Crippen LogP) is 3.40. The fourth-order valence-corrected chi connectivity index (χ4v) is 3.23. The first kappa shape index (κ1) is 17.7. The summed E-state index contributed by atoms with van der Waals surface area (Å²) in [6.07, 6.45) is 0.954. The molecule has 0 aliphatic rings.